The molecule has 0 atom stereocenters. The van der Waals surface area contributed by atoms with Crippen molar-refractivity contribution in [1.29, 1.82) is 0 Å². The molecule has 1 rings (SSSR count). The van der Waals surface area contributed by atoms with Gasteiger partial charge in [0.1, 0.15) is 6.10 Å². The molecule has 3 nitrogen and oxygen atoms in total. The first-order chi connectivity index (χ1) is 9.36. The van der Waals surface area contributed by atoms with Gasteiger partial charge in [-0.05, 0) is 5.56 Å². The molecule has 19 heavy (non-hydrogen) atoms. The summed E-state index contributed by atoms with van der Waals surface area (Å²) >= 11 is 0. The molecular formula is C16H22O3. The van der Waals surface area contributed by atoms with Gasteiger partial charge in [0.05, 0.1) is 33.0 Å². The van der Waals surface area contributed by atoms with E-state index in [2.05, 4.69) is 13.2 Å². The van der Waals surface area contributed by atoms with E-state index < -0.39 is 0 Å². The lowest BCUT2D eigenvalue weighted by atomic mass is 10.2. The van der Waals surface area contributed by atoms with E-state index in [-0.39, 0.29) is 6.10 Å². The van der Waals surface area contributed by atoms with E-state index in [9.17, 15) is 0 Å². The van der Waals surface area contributed by atoms with Crippen LogP contribution in [0.4, 0.5) is 0 Å². The number of hydrogen-bond donors (Lipinski definition) is 0. The lowest BCUT2D eigenvalue weighted by Gasteiger charge is -2.17. The standard InChI is InChI=1S/C16H22O3/c1-3-10-17-13-16(14-18-11-4-2)19-12-15-8-6-5-7-9-15/h3-9,16H,1-2,10-14H2. The summed E-state index contributed by atoms with van der Waals surface area (Å²) in [6, 6.07) is 10.0. The lowest BCUT2D eigenvalue weighted by molar-refractivity contribution is -0.0589. The number of hydrogen-bond acceptors (Lipinski definition) is 3. The topological polar surface area (TPSA) is 27.7 Å². The molecule has 1 aromatic rings. The van der Waals surface area contributed by atoms with Gasteiger partial charge in [0.15, 0.2) is 0 Å². The largest absolute Gasteiger partial charge is 0.375 e. The minimum absolute atomic E-state index is 0.0832. The van der Waals surface area contributed by atoms with Gasteiger partial charge in [-0.15, -0.1) is 13.2 Å². The van der Waals surface area contributed by atoms with Gasteiger partial charge >= 0.3 is 0 Å². The maximum atomic E-state index is 5.80. The summed E-state index contributed by atoms with van der Waals surface area (Å²) in [5, 5.41) is 0. The lowest BCUT2D eigenvalue weighted by Crippen LogP contribution is -2.25. The molecule has 3 heteroatoms. The number of benzene rings is 1. The highest BCUT2D eigenvalue weighted by Crippen LogP contribution is 2.04. The van der Waals surface area contributed by atoms with Gasteiger partial charge in [-0.1, -0.05) is 42.5 Å². The summed E-state index contributed by atoms with van der Waals surface area (Å²) in [6.45, 7) is 9.82. The Hall–Kier alpha value is -1.42. The zero-order valence-corrected chi connectivity index (χ0v) is 11.3. The molecule has 0 saturated carbocycles. The monoisotopic (exact) mass is 262 g/mol. The van der Waals surface area contributed by atoms with Crippen molar-refractivity contribution in [3.8, 4) is 0 Å². The van der Waals surface area contributed by atoms with Crippen molar-refractivity contribution in [2.24, 2.45) is 0 Å². The third-order valence-corrected chi connectivity index (χ3v) is 2.41. The van der Waals surface area contributed by atoms with E-state index in [1.807, 2.05) is 30.3 Å². The van der Waals surface area contributed by atoms with Gasteiger partial charge in [0, 0.05) is 0 Å². The summed E-state index contributed by atoms with van der Waals surface area (Å²) in [4.78, 5) is 0. The zero-order valence-electron chi connectivity index (χ0n) is 11.3. The van der Waals surface area contributed by atoms with E-state index in [0.717, 1.165) is 5.56 Å². The van der Waals surface area contributed by atoms with Crippen LogP contribution in [0.5, 0.6) is 0 Å². The summed E-state index contributed by atoms with van der Waals surface area (Å²) < 4.78 is 16.6. The van der Waals surface area contributed by atoms with Crippen LogP contribution in [0.1, 0.15) is 5.56 Å². The highest BCUT2D eigenvalue weighted by Gasteiger charge is 2.09. The predicted octanol–water partition coefficient (Wildman–Crippen LogP) is 2.98. The molecule has 0 radical (unpaired) electrons. The maximum absolute atomic E-state index is 5.80. The highest BCUT2D eigenvalue weighted by molar-refractivity contribution is 5.13. The number of ether oxygens (including phenoxy) is 3. The first-order valence-electron chi connectivity index (χ1n) is 6.39. The van der Waals surface area contributed by atoms with Crippen molar-refractivity contribution >= 4 is 0 Å². The summed E-state index contributed by atoms with van der Waals surface area (Å²) in [5.41, 5.74) is 1.14. The molecule has 104 valence electrons. The second-order valence-corrected chi connectivity index (χ2v) is 4.07. The van der Waals surface area contributed by atoms with E-state index >= 15 is 0 Å². The molecule has 0 fully saturated rings. The molecule has 0 aliphatic carbocycles. The SMILES string of the molecule is C=CCOCC(COCC=C)OCc1ccccc1. The van der Waals surface area contributed by atoms with Crippen molar-refractivity contribution in [3.05, 3.63) is 61.2 Å². The van der Waals surface area contributed by atoms with Crippen molar-refractivity contribution in [1.82, 2.24) is 0 Å². The third kappa shape index (κ3) is 7.57. The molecule has 0 spiro atoms. The molecule has 0 amide bonds. The second-order valence-electron chi connectivity index (χ2n) is 4.07. The molecule has 0 aliphatic heterocycles. The summed E-state index contributed by atoms with van der Waals surface area (Å²) in [5.74, 6) is 0. The Morgan fingerprint density at radius 1 is 0.947 bits per heavy atom. The minimum Gasteiger partial charge on any atom is -0.375 e. The van der Waals surface area contributed by atoms with Crippen molar-refractivity contribution in [2.45, 2.75) is 12.7 Å². The van der Waals surface area contributed by atoms with Crippen LogP contribution in [0.15, 0.2) is 55.6 Å². The Labute approximate surface area is 115 Å². The predicted molar refractivity (Wildman–Crippen MR) is 77.1 cm³/mol. The normalized spacial score (nSPS) is 10.6. The summed E-state index contributed by atoms with van der Waals surface area (Å²) in [7, 11) is 0. The third-order valence-electron chi connectivity index (χ3n) is 2.41. The van der Waals surface area contributed by atoms with E-state index in [0.29, 0.717) is 33.0 Å². The summed E-state index contributed by atoms with van der Waals surface area (Å²) in [6.07, 6.45) is 3.36. The molecule has 0 bridgehead atoms. The average Bonchev–Trinajstić information content (AvgIpc) is 2.45. The van der Waals surface area contributed by atoms with Crippen LogP contribution in [0.25, 0.3) is 0 Å². The Bertz CT molecular complexity index is 334. The van der Waals surface area contributed by atoms with Gasteiger partial charge in [-0.3, -0.25) is 0 Å². The molecular weight excluding hydrogens is 240 g/mol. The smallest absolute Gasteiger partial charge is 0.105 e. The van der Waals surface area contributed by atoms with E-state index in [1.165, 1.54) is 0 Å². The van der Waals surface area contributed by atoms with Crippen molar-refractivity contribution in [2.75, 3.05) is 26.4 Å². The van der Waals surface area contributed by atoms with Crippen LogP contribution < -0.4 is 0 Å². The molecule has 0 aliphatic rings. The van der Waals surface area contributed by atoms with Crippen LogP contribution in [0, 0.1) is 0 Å². The first-order valence-corrected chi connectivity index (χ1v) is 6.39. The molecule has 0 saturated heterocycles. The Kier molecular flexibility index (Phi) is 8.64. The van der Waals surface area contributed by atoms with E-state index in [4.69, 9.17) is 14.2 Å². The van der Waals surface area contributed by atoms with Gasteiger partial charge in [0.25, 0.3) is 0 Å². The molecule has 0 N–H and O–H groups in total. The minimum atomic E-state index is -0.0832. The van der Waals surface area contributed by atoms with E-state index in [1.54, 1.807) is 12.2 Å². The van der Waals surface area contributed by atoms with Crippen molar-refractivity contribution in [3.63, 3.8) is 0 Å². The molecule has 0 heterocycles. The second kappa shape index (κ2) is 10.5. The fourth-order valence-corrected chi connectivity index (χ4v) is 1.50. The van der Waals surface area contributed by atoms with Crippen molar-refractivity contribution < 1.29 is 14.2 Å². The molecule has 1 aromatic carbocycles. The Morgan fingerprint density at radius 3 is 2.05 bits per heavy atom. The van der Waals surface area contributed by atoms with Crippen LogP contribution >= 0.6 is 0 Å². The van der Waals surface area contributed by atoms with Crippen LogP contribution in [0.2, 0.25) is 0 Å². The van der Waals surface area contributed by atoms with Gasteiger partial charge in [0.2, 0.25) is 0 Å². The fraction of sp³-hybridized carbons (Fsp3) is 0.375. The fourth-order valence-electron chi connectivity index (χ4n) is 1.50. The van der Waals surface area contributed by atoms with Gasteiger partial charge < -0.3 is 14.2 Å². The van der Waals surface area contributed by atoms with Gasteiger partial charge in [-0.2, -0.15) is 0 Å². The zero-order chi connectivity index (χ0) is 13.8. The quantitative estimate of drug-likeness (QED) is 0.453. The van der Waals surface area contributed by atoms with Crippen LogP contribution in [-0.4, -0.2) is 32.5 Å². The molecule has 0 aromatic heterocycles. The first kappa shape index (κ1) is 15.6. The maximum Gasteiger partial charge on any atom is 0.105 e. The molecule has 0 unspecified atom stereocenters. The number of rotatable bonds is 11. The highest BCUT2D eigenvalue weighted by atomic mass is 16.6. The van der Waals surface area contributed by atoms with Gasteiger partial charge in [-0.25, -0.2) is 0 Å². The van der Waals surface area contributed by atoms with Crippen LogP contribution in [0.3, 0.4) is 0 Å². The Balaban J connectivity index is 2.33. The Morgan fingerprint density at radius 2 is 1.53 bits per heavy atom. The average molecular weight is 262 g/mol. The van der Waals surface area contributed by atoms with Crippen LogP contribution in [-0.2, 0) is 20.8 Å².